The van der Waals surface area contributed by atoms with Crippen molar-refractivity contribution in [1.82, 2.24) is 15.2 Å². The van der Waals surface area contributed by atoms with E-state index in [-0.39, 0.29) is 22.4 Å². The number of nitrogens with one attached hydrogen (secondary N) is 1. The molecule has 5 nitrogen and oxygen atoms in total. The first kappa shape index (κ1) is 16.2. The second-order valence-electron chi connectivity index (χ2n) is 4.88. The smallest absolute Gasteiger partial charge is 0.271 e. The normalized spacial score (nSPS) is 14.3. The summed E-state index contributed by atoms with van der Waals surface area (Å²) < 4.78 is 0. The van der Waals surface area contributed by atoms with Crippen LogP contribution in [-0.2, 0) is 0 Å². The molecule has 0 aliphatic carbocycles. The summed E-state index contributed by atoms with van der Waals surface area (Å²) in [6, 6.07) is 3.01. The van der Waals surface area contributed by atoms with E-state index >= 15 is 0 Å². The van der Waals surface area contributed by atoms with Crippen molar-refractivity contribution >= 4 is 29.1 Å². The molecule has 7 heteroatoms. The number of rotatable bonds is 5. The molecule has 0 saturated heterocycles. The van der Waals surface area contributed by atoms with Crippen LogP contribution < -0.4 is 5.32 Å². The lowest BCUT2D eigenvalue weighted by Gasteiger charge is -2.27. The van der Waals surface area contributed by atoms with Crippen molar-refractivity contribution in [2.75, 3.05) is 27.2 Å². The number of carbonyl (C=O) groups excluding carboxylic acids is 1. The van der Waals surface area contributed by atoms with E-state index < -0.39 is 11.5 Å². The van der Waals surface area contributed by atoms with E-state index in [9.17, 15) is 9.90 Å². The summed E-state index contributed by atoms with van der Waals surface area (Å²) in [6.45, 7) is 2.15. The van der Waals surface area contributed by atoms with Gasteiger partial charge in [0.1, 0.15) is 10.8 Å². The van der Waals surface area contributed by atoms with Crippen LogP contribution in [0.1, 0.15) is 17.4 Å². The highest BCUT2D eigenvalue weighted by atomic mass is 35.5. The van der Waals surface area contributed by atoms with Crippen LogP contribution in [0.15, 0.2) is 12.1 Å². The van der Waals surface area contributed by atoms with Gasteiger partial charge in [0.25, 0.3) is 5.91 Å². The number of hydrogen-bond acceptors (Lipinski definition) is 4. The third-order valence-corrected chi connectivity index (χ3v) is 2.83. The Morgan fingerprint density at radius 2 is 2.11 bits per heavy atom. The highest BCUT2D eigenvalue weighted by molar-refractivity contribution is 6.34. The minimum absolute atomic E-state index is 0.0508. The fraction of sp³-hybridized carbons (Fsp3) is 0.500. The van der Waals surface area contributed by atoms with Crippen LogP contribution >= 0.6 is 23.2 Å². The summed E-state index contributed by atoms with van der Waals surface area (Å²) >= 11 is 11.6. The van der Waals surface area contributed by atoms with Gasteiger partial charge in [0, 0.05) is 13.1 Å². The van der Waals surface area contributed by atoms with Gasteiger partial charge in [-0.3, -0.25) is 4.79 Å². The number of aliphatic hydroxyl groups is 1. The maximum Gasteiger partial charge on any atom is 0.271 e. The van der Waals surface area contributed by atoms with Gasteiger partial charge in [-0.1, -0.05) is 23.2 Å². The first-order valence-corrected chi connectivity index (χ1v) is 6.44. The van der Waals surface area contributed by atoms with Gasteiger partial charge in [0.2, 0.25) is 0 Å². The molecule has 0 radical (unpaired) electrons. The molecular weight excluding hydrogens is 289 g/mol. The van der Waals surface area contributed by atoms with Crippen molar-refractivity contribution in [1.29, 1.82) is 0 Å². The summed E-state index contributed by atoms with van der Waals surface area (Å²) in [5.41, 5.74) is -0.987. The average Bonchev–Trinajstić information content (AvgIpc) is 2.27. The Bertz CT molecular complexity index is 464. The van der Waals surface area contributed by atoms with Crippen molar-refractivity contribution < 1.29 is 9.90 Å². The Morgan fingerprint density at radius 1 is 1.47 bits per heavy atom. The van der Waals surface area contributed by atoms with E-state index in [0.717, 1.165) is 0 Å². The van der Waals surface area contributed by atoms with Gasteiger partial charge in [-0.15, -0.1) is 0 Å². The molecule has 0 fully saturated rings. The maximum absolute atomic E-state index is 11.9. The van der Waals surface area contributed by atoms with E-state index in [0.29, 0.717) is 6.54 Å². The zero-order chi connectivity index (χ0) is 14.6. The summed E-state index contributed by atoms with van der Waals surface area (Å²) in [6.07, 6.45) is 0. The lowest BCUT2D eigenvalue weighted by molar-refractivity contribution is 0.0325. The van der Waals surface area contributed by atoms with Crippen LogP contribution in [0.3, 0.4) is 0 Å². The molecule has 1 aromatic rings. The topological polar surface area (TPSA) is 65.5 Å². The molecule has 2 N–H and O–H groups in total. The third-order valence-electron chi connectivity index (χ3n) is 2.31. The monoisotopic (exact) mass is 305 g/mol. The quantitative estimate of drug-likeness (QED) is 0.808. The first-order valence-electron chi connectivity index (χ1n) is 5.68. The molecule has 0 spiro atoms. The van der Waals surface area contributed by atoms with Crippen molar-refractivity contribution in [2.24, 2.45) is 0 Å². The molecule has 1 heterocycles. The van der Waals surface area contributed by atoms with E-state index in [4.69, 9.17) is 23.2 Å². The van der Waals surface area contributed by atoms with Crippen molar-refractivity contribution in [2.45, 2.75) is 12.5 Å². The second-order valence-corrected chi connectivity index (χ2v) is 5.68. The molecular formula is C12H17Cl2N3O2. The van der Waals surface area contributed by atoms with Crippen LogP contribution in [0, 0.1) is 0 Å². The van der Waals surface area contributed by atoms with E-state index in [2.05, 4.69) is 10.3 Å². The second kappa shape index (κ2) is 6.52. The number of nitrogens with zero attached hydrogens (tertiary/aromatic N) is 2. The van der Waals surface area contributed by atoms with Crippen molar-refractivity contribution in [3.63, 3.8) is 0 Å². The molecule has 0 aliphatic rings. The summed E-state index contributed by atoms with van der Waals surface area (Å²) in [5.74, 6) is -0.466. The molecule has 1 aromatic heterocycles. The number of halogens is 2. The van der Waals surface area contributed by atoms with Crippen LogP contribution in [-0.4, -0.2) is 53.7 Å². The lowest BCUT2D eigenvalue weighted by Crippen LogP contribution is -2.47. The van der Waals surface area contributed by atoms with Gasteiger partial charge in [0.05, 0.1) is 10.6 Å². The molecule has 0 aromatic carbocycles. The minimum Gasteiger partial charge on any atom is -0.387 e. The van der Waals surface area contributed by atoms with Gasteiger partial charge in [-0.2, -0.15) is 0 Å². The van der Waals surface area contributed by atoms with Gasteiger partial charge in [-0.25, -0.2) is 4.98 Å². The zero-order valence-corrected chi connectivity index (χ0v) is 12.6. The summed E-state index contributed by atoms with van der Waals surface area (Å²) in [5, 5.41) is 13.1. The highest BCUT2D eigenvalue weighted by Crippen LogP contribution is 2.16. The molecule has 1 unspecified atom stereocenters. The molecule has 0 aliphatic heterocycles. The molecule has 1 atom stereocenters. The standard InChI is InChI=1S/C12H17Cl2N3O2/c1-12(19,7-17(2)3)6-15-11(18)10-8(13)4-5-9(14)16-10/h4-5,19H,6-7H2,1-3H3,(H,15,18). The minimum atomic E-state index is -1.04. The van der Waals surface area contributed by atoms with Gasteiger partial charge in [-0.05, 0) is 33.2 Å². The number of carbonyl (C=O) groups is 1. The number of likely N-dealkylation sites (N-methyl/N-ethyl adjacent to an activating group) is 1. The van der Waals surface area contributed by atoms with Crippen LogP contribution in [0.4, 0.5) is 0 Å². The largest absolute Gasteiger partial charge is 0.387 e. The SMILES string of the molecule is CN(C)CC(C)(O)CNC(=O)c1nc(Cl)ccc1Cl. The predicted molar refractivity (Wildman–Crippen MR) is 75.8 cm³/mol. The van der Waals surface area contributed by atoms with Crippen LogP contribution in [0.5, 0.6) is 0 Å². The van der Waals surface area contributed by atoms with Gasteiger partial charge < -0.3 is 15.3 Å². The Kier molecular flexibility index (Phi) is 5.55. The molecule has 0 bridgehead atoms. The molecule has 106 valence electrons. The fourth-order valence-corrected chi connectivity index (χ4v) is 2.01. The Morgan fingerprint density at radius 3 is 2.68 bits per heavy atom. The van der Waals surface area contributed by atoms with E-state index in [1.54, 1.807) is 6.92 Å². The lowest BCUT2D eigenvalue weighted by atomic mass is 10.1. The van der Waals surface area contributed by atoms with Crippen LogP contribution in [0.25, 0.3) is 0 Å². The van der Waals surface area contributed by atoms with Crippen molar-refractivity contribution in [3.8, 4) is 0 Å². The third kappa shape index (κ3) is 5.32. The molecule has 19 heavy (non-hydrogen) atoms. The fourth-order valence-electron chi connectivity index (χ4n) is 1.67. The maximum atomic E-state index is 11.9. The molecule has 0 saturated carbocycles. The highest BCUT2D eigenvalue weighted by Gasteiger charge is 2.23. The number of amides is 1. The number of aromatic nitrogens is 1. The summed E-state index contributed by atoms with van der Waals surface area (Å²) in [4.78, 5) is 17.6. The Labute approximate surface area is 122 Å². The van der Waals surface area contributed by atoms with Gasteiger partial charge in [0.15, 0.2) is 0 Å². The average molecular weight is 306 g/mol. The van der Waals surface area contributed by atoms with Gasteiger partial charge >= 0.3 is 0 Å². The Balaban J connectivity index is 2.68. The molecule has 1 rings (SSSR count). The zero-order valence-electron chi connectivity index (χ0n) is 11.1. The Hall–Kier alpha value is -0.880. The molecule has 1 amide bonds. The predicted octanol–water partition coefficient (Wildman–Crippen LogP) is 1.43. The summed E-state index contributed by atoms with van der Waals surface area (Å²) in [7, 11) is 3.68. The van der Waals surface area contributed by atoms with Crippen molar-refractivity contribution in [3.05, 3.63) is 28.0 Å². The number of pyridine rings is 1. The van der Waals surface area contributed by atoms with E-state index in [1.165, 1.54) is 12.1 Å². The first-order chi connectivity index (χ1) is 8.71. The van der Waals surface area contributed by atoms with Crippen LogP contribution in [0.2, 0.25) is 10.2 Å². The number of hydrogen-bond donors (Lipinski definition) is 2. The van der Waals surface area contributed by atoms with E-state index in [1.807, 2.05) is 19.0 Å².